The lowest BCUT2D eigenvalue weighted by atomic mass is 9.63. The van der Waals surface area contributed by atoms with Crippen molar-refractivity contribution in [2.75, 3.05) is 19.6 Å². The predicted octanol–water partition coefficient (Wildman–Crippen LogP) is 6.50. The molecule has 0 radical (unpaired) electrons. The van der Waals surface area contributed by atoms with Crippen LogP contribution < -0.4 is 0 Å². The molecule has 2 fully saturated rings. The fourth-order valence-corrected chi connectivity index (χ4v) is 7.28. The first kappa shape index (κ1) is 22.6. The molecule has 2 atom stereocenters. The largest absolute Gasteiger partial charge is 0.393 e. The number of hydrogen-bond acceptors (Lipinski definition) is 4. The molecule has 1 aliphatic heterocycles. The second-order valence-electron chi connectivity index (χ2n) is 11.9. The number of piperidine rings is 1. The molecule has 3 aliphatic rings. The van der Waals surface area contributed by atoms with Gasteiger partial charge in [-0.1, -0.05) is 46.2 Å². The van der Waals surface area contributed by atoms with Gasteiger partial charge >= 0.3 is 0 Å². The van der Waals surface area contributed by atoms with Crippen LogP contribution in [0, 0.1) is 5.92 Å². The third-order valence-electron chi connectivity index (χ3n) is 8.72. The highest BCUT2D eigenvalue weighted by Crippen LogP contribution is 2.47. The van der Waals surface area contributed by atoms with Crippen LogP contribution in [0.25, 0.3) is 11.3 Å². The molecule has 2 aliphatic carbocycles. The molecule has 1 aromatic carbocycles. The van der Waals surface area contributed by atoms with Crippen LogP contribution in [0.4, 0.5) is 0 Å². The van der Waals surface area contributed by atoms with Crippen molar-refractivity contribution in [2.24, 2.45) is 5.92 Å². The van der Waals surface area contributed by atoms with Crippen molar-refractivity contribution in [3.63, 3.8) is 0 Å². The third kappa shape index (κ3) is 4.31. The van der Waals surface area contributed by atoms with Crippen LogP contribution in [-0.4, -0.2) is 40.7 Å². The topological polar surface area (TPSA) is 36.4 Å². The Hall–Kier alpha value is -1.23. The number of thiazole rings is 1. The maximum Gasteiger partial charge on any atom is 0.0964 e. The summed E-state index contributed by atoms with van der Waals surface area (Å²) in [5.74, 6) is 1.09. The minimum Gasteiger partial charge on any atom is -0.393 e. The Labute approximate surface area is 198 Å². The molecule has 32 heavy (non-hydrogen) atoms. The summed E-state index contributed by atoms with van der Waals surface area (Å²) >= 11 is 1.85. The van der Waals surface area contributed by atoms with E-state index < -0.39 is 0 Å². The Kier molecular flexibility index (Phi) is 6.01. The molecule has 1 saturated carbocycles. The molecule has 0 bridgehead atoms. The molecule has 1 aromatic heterocycles. The van der Waals surface area contributed by atoms with Crippen molar-refractivity contribution in [3.8, 4) is 11.3 Å². The van der Waals surface area contributed by atoms with Gasteiger partial charge in [-0.15, -0.1) is 11.3 Å². The smallest absolute Gasteiger partial charge is 0.0964 e. The van der Waals surface area contributed by atoms with Crippen LogP contribution in [0.2, 0.25) is 0 Å². The predicted molar refractivity (Wildman–Crippen MR) is 135 cm³/mol. The molecule has 0 amide bonds. The highest BCUT2D eigenvalue weighted by atomic mass is 32.1. The Morgan fingerprint density at radius 2 is 1.72 bits per heavy atom. The van der Waals surface area contributed by atoms with Gasteiger partial charge in [-0.25, -0.2) is 4.98 Å². The first-order chi connectivity index (χ1) is 15.2. The van der Waals surface area contributed by atoms with E-state index in [2.05, 4.69) is 56.2 Å². The van der Waals surface area contributed by atoms with Gasteiger partial charge in [-0.3, -0.25) is 0 Å². The number of benzene rings is 1. The molecule has 1 saturated heterocycles. The van der Waals surface area contributed by atoms with E-state index in [1.54, 1.807) is 0 Å². The van der Waals surface area contributed by atoms with Crippen molar-refractivity contribution in [1.82, 2.24) is 9.88 Å². The van der Waals surface area contributed by atoms with Gasteiger partial charge in [0.1, 0.15) is 0 Å². The molecule has 1 N–H and O–H groups in total. The minimum absolute atomic E-state index is 0.0681. The zero-order chi connectivity index (χ0) is 22.5. The number of aliphatic hydroxyl groups is 1. The number of fused-ring (bicyclic) bond motifs is 1. The van der Waals surface area contributed by atoms with Crippen molar-refractivity contribution in [3.05, 3.63) is 39.7 Å². The number of aromatic nitrogens is 1. The average Bonchev–Trinajstić information content (AvgIpc) is 3.42. The van der Waals surface area contributed by atoms with Crippen LogP contribution in [-0.2, 0) is 10.8 Å². The molecule has 5 rings (SSSR count). The quantitative estimate of drug-likeness (QED) is 0.575. The van der Waals surface area contributed by atoms with Gasteiger partial charge in [0.25, 0.3) is 0 Å². The molecule has 2 heterocycles. The number of aliphatic hydroxyl groups excluding tert-OH is 1. The monoisotopic (exact) mass is 452 g/mol. The van der Waals surface area contributed by atoms with Crippen LogP contribution >= 0.6 is 11.3 Å². The van der Waals surface area contributed by atoms with E-state index in [0.717, 1.165) is 31.7 Å². The molecule has 2 aromatic rings. The Balaban J connectivity index is 1.28. The second-order valence-corrected chi connectivity index (χ2v) is 12.8. The maximum atomic E-state index is 10.2. The lowest BCUT2D eigenvalue weighted by Crippen LogP contribution is -2.38. The van der Waals surface area contributed by atoms with E-state index in [-0.39, 0.29) is 16.9 Å². The third-order valence-corrected chi connectivity index (χ3v) is 9.73. The van der Waals surface area contributed by atoms with E-state index in [1.807, 2.05) is 11.3 Å². The summed E-state index contributed by atoms with van der Waals surface area (Å²) in [6, 6.07) is 7.11. The Morgan fingerprint density at radius 3 is 2.41 bits per heavy atom. The van der Waals surface area contributed by atoms with Gasteiger partial charge in [0, 0.05) is 23.4 Å². The van der Waals surface area contributed by atoms with Gasteiger partial charge < -0.3 is 10.0 Å². The highest BCUT2D eigenvalue weighted by Gasteiger charge is 2.37. The highest BCUT2D eigenvalue weighted by molar-refractivity contribution is 7.10. The standard InChI is InChI=1S/C28H40N2OS/c1-27(2)12-13-28(3,4)23-16-20(8-9-22(23)27)24-18-32-26(29-24)19-10-14-30(15-11-19)17-21-6-5-7-25(21)31/h8-9,16,18-19,21,25,31H,5-7,10-15,17H2,1-4H3/t21-,25+/m1/s1. The lowest BCUT2D eigenvalue weighted by molar-refractivity contribution is 0.0922. The summed E-state index contributed by atoms with van der Waals surface area (Å²) in [5.41, 5.74) is 5.97. The van der Waals surface area contributed by atoms with Gasteiger partial charge in [0.05, 0.1) is 16.8 Å². The van der Waals surface area contributed by atoms with E-state index in [1.165, 1.54) is 60.2 Å². The van der Waals surface area contributed by atoms with Crippen LogP contribution in [0.15, 0.2) is 23.6 Å². The first-order valence-corrected chi connectivity index (χ1v) is 13.6. The summed E-state index contributed by atoms with van der Waals surface area (Å²) in [7, 11) is 0. The maximum absolute atomic E-state index is 10.2. The number of likely N-dealkylation sites (tertiary alicyclic amines) is 1. The lowest BCUT2D eigenvalue weighted by Gasteiger charge is -2.42. The van der Waals surface area contributed by atoms with Gasteiger partial charge in [-0.05, 0) is 85.6 Å². The fourth-order valence-electron chi connectivity index (χ4n) is 6.28. The molecule has 0 unspecified atom stereocenters. The normalized spacial score (nSPS) is 28.0. The number of hydrogen-bond donors (Lipinski definition) is 1. The summed E-state index contributed by atoms with van der Waals surface area (Å²) in [4.78, 5) is 7.72. The minimum atomic E-state index is -0.0681. The molecule has 0 spiro atoms. The van der Waals surface area contributed by atoms with Crippen LogP contribution in [0.1, 0.15) is 94.7 Å². The van der Waals surface area contributed by atoms with Gasteiger partial charge in [0.15, 0.2) is 0 Å². The van der Waals surface area contributed by atoms with Crippen molar-refractivity contribution in [2.45, 2.75) is 95.5 Å². The summed E-state index contributed by atoms with van der Waals surface area (Å²) in [6.45, 7) is 12.9. The Morgan fingerprint density at radius 1 is 1.00 bits per heavy atom. The van der Waals surface area contributed by atoms with Crippen molar-refractivity contribution in [1.29, 1.82) is 0 Å². The summed E-state index contributed by atoms with van der Waals surface area (Å²) < 4.78 is 0. The number of nitrogens with zero attached hydrogens (tertiary/aromatic N) is 2. The zero-order valence-corrected chi connectivity index (χ0v) is 21.2. The van der Waals surface area contributed by atoms with E-state index in [0.29, 0.717) is 11.8 Å². The van der Waals surface area contributed by atoms with E-state index in [4.69, 9.17) is 4.98 Å². The van der Waals surface area contributed by atoms with Crippen molar-refractivity contribution >= 4 is 11.3 Å². The summed E-state index contributed by atoms with van der Waals surface area (Å²) in [5, 5.41) is 13.8. The zero-order valence-electron chi connectivity index (χ0n) is 20.4. The van der Waals surface area contributed by atoms with E-state index >= 15 is 0 Å². The SMILES string of the molecule is CC1(C)CCC(C)(C)c2cc(-c3csc(C4CCN(C[C@H]5CCC[C@@H]5O)CC4)n3)ccc21. The van der Waals surface area contributed by atoms with Crippen LogP contribution in [0.3, 0.4) is 0 Å². The molecule has 174 valence electrons. The van der Waals surface area contributed by atoms with Gasteiger partial charge in [0.2, 0.25) is 0 Å². The molecular weight excluding hydrogens is 412 g/mol. The second kappa shape index (κ2) is 8.52. The van der Waals surface area contributed by atoms with E-state index in [9.17, 15) is 5.11 Å². The van der Waals surface area contributed by atoms with Crippen molar-refractivity contribution < 1.29 is 5.11 Å². The number of rotatable bonds is 4. The fraction of sp³-hybridized carbons (Fsp3) is 0.679. The first-order valence-electron chi connectivity index (χ1n) is 12.7. The van der Waals surface area contributed by atoms with Gasteiger partial charge in [-0.2, -0.15) is 0 Å². The molecule has 3 nitrogen and oxygen atoms in total. The van der Waals surface area contributed by atoms with Crippen LogP contribution in [0.5, 0.6) is 0 Å². The Bertz CT molecular complexity index is 954. The average molecular weight is 453 g/mol. The summed E-state index contributed by atoms with van der Waals surface area (Å²) in [6.07, 6.45) is 8.22. The molecule has 4 heteroatoms. The molecular formula is C28H40N2OS.